The second-order valence-corrected chi connectivity index (χ2v) is 2.07. The molecule has 4 heteroatoms. The minimum Gasteiger partial charge on any atom is -0.458 e. The predicted octanol–water partition coefficient (Wildman–Crippen LogP) is -0.0531. The molecule has 1 atom stereocenters. The summed E-state index contributed by atoms with van der Waals surface area (Å²) in [5.41, 5.74) is 0. The average Bonchev–Trinajstić information content (AvgIpc) is 1.97. The summed E-state index contributed by atoms with van der Waals surface area (Å²) >= 11 is 0. The normalized spacial score (nSPS) is 12.6. The van der Waals surface area contributed by atoms with Crippen LogP contribution >= 0.6 is 0 Å². The van der Waals surface area contributed by atoms with Crippen LogP contribution in [0, 0.1) is 0 Å². The second kappa shape index (κ2) is 6.12. The molecule has 4 nitrogen and oxygen atoms in total. The SMILES string of the molecule is CCOCC(CO)OC(C)=O. The van der Waals surface area contributed by atoms with Crippen LogP contribution in [-0.2, 0) is 14.3 Å². The van der Waals surface area contributed by atoms with E-state index < -0.39 is 12.1 Å². The van der Waals surface area contributed by atoms with Crippen LogP contribution in [0.2, 0.25) is 0 Å². The molecule has 1 unspecified atom stereocenters. The lowest BCUT2D eigenvalue weighted by Gasteiger charge is -2.13. The van der Waals surface area contributed by atoms with Crippen LogP contribution in [0.1, 0.15) is 13.8 Å². The van der Waals surface area contributed by atoms with Gasteiger partial charge in [0.05, 0.1) is 13.2 Å². The third-order valence-electron chi connectivity index (χ3n) is 1.04. The average molecular weight is 162 g/mol. The lowest BCUT2D eigenvalue weighted by atomic mass is 10.4. The maximum Gasteiger partial charge on any atom is 0.303 e. The van der Waals surface area contributed by atoms with Gasteiger partial charge in [-0.05, 0) is 6.92 Å². The minimum atomic E-state index is -0.521. The molecule has 0 radical (unpaired) electrons. The minimum absolute atomic E-state index is 0.195. The summed E-state index contributed by atoms with van der Waals surface area (Å²) in [4.78, 5) is 10.4. The molecule has 0 spiro atoms. The van der Waals surface area contributed by atoms with Crippen molar-refractivity contribution in [1.29, 1.82) is 0 Å². The van der Waals surface area contributed by atoms with Crippen LogP contribution in [0.15, 0.2) is 0 Å². The van der Waals surface area contributed by atoms with Crippen molar-refractivity contribution in [3.63, 3.8) is 0 Å². The lowest BCUT2D eigenvalue weighted by molar-refractivity contribution is -0.151. The van der Waals surface area contributed by atoms with Crippen LogP contribution in [0.25, 0.3) is 0 Å². The van der Waals surface area contributed by atoms with Gasteiger partial charge in [-0.1, -0.05) is 0 Å². The van der Waals surface area contributed by atoms with Gasteiger partial charge in [0, 0.05) is 13.5 Å². The molecule has 0 aromatic carbocycles. The zero-order valence-electron chi connectivity index (χ0n) is 6.87. The van der Waals surface area contributed by atoms with Gasteiger partial charge in [-0.3, -0.25) is 4.79 Å². The molecule has 0 aromatic rings. The summed E-state index contributed by atoms with van der Waals surface area (Å²) in [5.74, 6) is -0.399. The summed E-state index contributed by atoms with van der Waals surface area (Å²) in [5, 5.41) is 8.64. The number of aliphatic hydroxyl groups is 1. The Morgan fingerprint density at radius 3 is 2.64 bits per heavy atom. The van der Waals surface area contributed by atoms with Crippen molar-refractivity contribution in [2.75, 3.05) is 19.8 Å². The fraction of sp³-hybridized carbons (Fsp3) is 0.857. The van der Waals surface area contributed by atoms with Crippen LogP contribution in [0.4, 0.5) is 0 Å². The molecule has 0 saturated heterocycles. The summed E-state index contributed by atoms with van der Waals surface area (Å²) in [6.07, 6.45) is -0.521. The first kappa shape index (κ1) is 10.4. The molecule has 11 heavy (non-hydrogen) atoms. The van der Waals surface area contributed by atoms with Crippen molar-refractivity contribution >= 4 is 5.97 Å². The third-order valence-corrected chi connectivity index (χ3v) is 1.04. The molecular weight excluding hydrogens is 148 g/mol. The molecular formula is C7H14O4. The number of esters is 1. The van der Waals surface area contributed by atoms with Crippen molar-refractivity contribution in [2.24, 2.45) is 0 Å². The van der Waals surface area contributed by atoms with E-state index in [9.17, 15) is 4.79 Å². The molecule has 0 saturated carbocycles. The van der Waals surface area contributed by atoms with E-state index in [-0.39, 0.29) is 13.2 Å². The Kier molecular flexibility index (Phi) is 5.78. The van der Waals surface area contributed by atoms with Gasteiger partial charge in [0.15, 0.2) is 0 Å². The molecule has 0 aliphatic heterocycles. The highest BCUT2D eigenvalue weighted by Gasteiger charge is 2.09. The Morgan fingerprint density at radius 1 is 1.64 bits per heavy atom. The fourth-order valence-electron chi connectivity index (χ4n) is 0.608. The van der Waals surface area contributed by atoms with Crippen LogP contribution in [0.5, 0.6) is 0 Å². The van der Waals surface area contributed by atoms with E-state index in [1.54, 1.807) is 0 Å². The van der Waals surface area contributed by atoms with Crippen LogP contribution < -0.4 is 0 Å². The topological polar surface area (TPSA) is 55.8 Å². The van der Waals surface area contributed by atoms with Crippen molar-refractivity contribution in [3.8, 4) is 0 Å². The standard InChI is InChI=1S/C7H14O4/c1-3-10-5-7(4-8)11-6(2)9/h7-8H,3-5H2,1-2H3. The number of carbonyl (C=O) groups is 1. The van der Waals surface area contributed by atoms with Gasteiger partial charge >= 0.3 is 5.97 Å². The van der Waals surface area contributed by atoms with E-state index in [0.29, 0.717) is 6.61 Å². The Hall–Kier alpha value is -0.610. The third kappa shape index (κ3) is 5.82. The number of ether oxygens (including phenoxy) is 2. The van der Waals surface area contributed by atoms with Crippen molar-refractivity contribution in [2.45, 2.75) is 20.0 Å². The Labute approximate surface area is 66.1 Å². The zero-order valence-corrected chi connectivity index (χ0v) is 6.87. The Bertz CT molecular complexity index is 113. The van der Waals surface area contributed by atoms with Crippen molar-refractivity contribution < 1.29 is 19.4 Å². The smallest absolute Gasteiger partial charge is 0.303 e. The first-order chi connectivity index (χ1) is 5.20. The monoisotopic (exact) mass is 162 g/mol. The van der Waals surface area contributed by atoms with E-state index in [1.807, 2.05) is 6.92 Å². The maximum absolute atomic E-state index is 10.4. The molecule has 0 heterocycles. The second-order valence-electron chi connectivity index (χ2n) is 2.07. The predicted molar refractivity (Wildman–Crippen MR) is 39.1 cm³/mol. The van der Waals surface area contributed by atoms with Crippen LogP contribution in [-0.4, -0.2) is 37.0 Å². The Morgan fingerprint density at radius 2 is 2.27 bits per heavy atom. The van der Waals surface area contributed by atoms with Gasteiger partial charge in [-0.15, -0.1) is 0 Å². The first-order valence-corrected chi connectivity index (χ1v) is 3.56. The van der Waals surface area contributed by atoms with Gasteiger partial charge in [0.1, 0.15) is 6.10 Å². The van der Waals surface area contributed by atoms with E-state index in [4.69, 9.17) is 9.84 Å². The molecule has 1 N–H and O–H groups in total. The summed E-state index contributed by atoms with van der Waals surface area (Å²) in [6, 6.07) is 0. The number of carbonyl (C=O) groups excluding carboxylic acids is 1. The molecule has 0 aliphatic rings. The van der Waals surface area contributed by atoms with E-state index in [0.717, 1.165) is 0 Å². The highest BCUT2D eigenvalue weighted by atomic mass is 16.6. The summed E-state index contributed by atoms with van der Waals surface area (Å²) in [7, 11) is 0. The van der Waals surface area contributed by atoms with E-state index >= 15 is 0 Å². The molecule has 0 aliphatic carbocycles. The van der Waals surface area contributed by atoms with Gasteiger partial charge in [0.25, 0.3) is 0 Å². The number of hydrogen-bond donors (Lipinski definition) is 1. The molecule has 0 aromatic heterocycles. The van der Waals surface area contributed by atoms with Crippen LogP contribution in [0.3, 0.4) is 0 Å². The molecule has 66 valence electrons. The first-order valence-electron chi connectivity index (χ1n) is 3.56. The number of aliphatic hydroxyl groups excluding tert-OH is 1. The van der Waals surface area contributed by atoms with Gasteiger partial charge in [-0.2, -0.15) is 0 Å². The van der Waals surface area contributed by atoms with Gasteiger partial charge in [0.2, 0.25) is 0 Å². The highest BCUT2D eigenvalue weighted by molar-refractivity contribution is 5.66. The fourth-order valence-corrected chi connectivity index (χ4v) is 0.608. The number of rotatable bonds is 5. The molecule has 0 bridgehead atoms. The summed E-state index contributed by atoms with van der Waals surface area (Å²) < 4.78 is 9.64. The zero-order chi connectivity index (χ0) is 8.69. The lowest BCUT2D eigenvalue weighted by Crippen LogP contribution is -2.25. The number of hydrogen-bond acceptors (Lipinski definition) is 4. The van der Waals surface area contributed by atoms with Gasteiger partial charge in [-0.25, -0.2) is 0 Å². The highest BCUT2D eigenvalue weighted by Crippen LogP contribution is 1.92. The molecule has 0 rings (SSSR count). The van der Waals surface area contributed by atoms with Crippen molar-refractivity contribution in [3.05, 3.63) is 0 Å². The van der Waals surface area contributed by atoms with E-state index in [1.165, 1.54) is 6.92 Å². The van der Waals surface area contributed by atoms with E-state index in [2.05, 4.69) is 4.74 Å². The quantitative estimate of drug-likeness (QED) is 0.576. The molecule has 0 amide bonds. The van der Waals surface area contributed by atoms with Crippen molar-refractivity contribution in [1.82, 2.24) is 0 Å². The summed E-state index contributed by atoms with van der Waals surface area (Å²) in [6.45, 7) is 3.75. The Balaban J connectivity index is 3.49. The van der Waals surface area contributed by atoms with Gasteiger partial charge < -0.3 is 14.6 Å². The maximum atomic E-state index is 10.4. The largest absolute Gasteiger partial charge is 0.458 e. The molecule has 0 fully saturated rings.